The van der Waals surface area contributed by atoms with Gasteiger partial charge in [0.15, 0.2) is 11.5 Å². The Bertz CT molecular complexity index is 1990. The van der Waals surface area contributed by atoms with Gasteiger partial charge in [0, 0.05) is 18.5 Å². The van der Waals surface area contributed by atoms with Crippen molar-refractivity contribution in [2.75, 3.05) is 12.0 Å². The van der Waals surface area contributed by atoms with E-state index >= 15 is 4.79 Å². The number of nitrogens with zero attached hydrogens (tertiary/aromatic N) is 4. The van der Waals surface area contributed by atoms with E-state index in [1.807, 2.05) is 62.4 Å². The molecule has 7 rings (SSSR count). The first kappa shape index (κ1) is 28.5. The van der Waals surface area contributed by atoms with Crippen LogP contribution in [0.1, 0.15) is 42.0 Å². The average Bonchev–Trinajstić information content (AvgIpc) is 3.40. The predicted molar refractivity (Wildman–Crippen MR) is 166 cm³/mol. The van der Waals surface area contributed by atoms with Crippen molar-refractivity contribution >= 4 is 17.5 Å². The molecule has 4 atom stereocenters. The van der Waals surface area contributed by atoms with Crippen LogP contribution in [0.4, 0.5) is 5.69 Å². The van der Waals surface area contributed by atoms with Crippen LogP contribution in [-0.2, 0) is 28.6 Å². The number of aryl methyl sites for hydroxylation is 1. The first-order valence-electron chi connectivity index (χ1n) is 15.0. The molecule has 3 heterocycles. The fourth-order valence-corrected chi connectivity index (χ4v) is 7.51. The summed E-state index contributed by atoms with van der Waals surface area (Å²) in [6.45, 7) is 4.15. The van der Waals surface area contributed by atoms with Gasteiger partial charge in [0.1, 0.15) is 0 Å². The molecule has 1 saturated heterocycles. The summed E-state index contributed by atoms with van der Waals surface area (Å²) >= 11 is 0. The summed E-state index contributed by atoms with van der Waals surface area (Å²) in [5.74, 6) is -2.68. The van der Waals surface area contributed by atoms with Crippen LogP contribution in [0.5, 0.6) is 11.5 Å². The molecule has 1 aromatic heterocycles. The van der Waals surface area contributed by atoms with Crippen LogP contribution in [0.25, 0.3) is 0 Å². The lowest BCUT2D eigenvalue weighted by atomic mass is 9.53. The number of aromatic hydroxyl groups is 1. The van der Waals surface area contributed by atoms with E-state index in [9.17, 15) is 19.5 Å². The Hall–Kier alpha value is -5.32. The molecule has 2 fully saturated rings. The van der Waals surface area contributed by atoms with Crippen LogP contribution < -0.4 is 21.5 Å². The number of phenolic OH excluding ortho intramolecular Hbond substituents is 1. The molecular weight excluding hydrogens is 574 g/mol. The van der Waals surface area contributed by atoms with E-state index in [1.54, 1.807) is 30.3 Å². The maximum Gasteiger partial charge on any atom is 0.347 e. The highest BCUT2D eigenvalue weighted by Crippen LogP contribution is 2.63. The minimum Gasteiger partial charge on any atom is -0.504 e. The first-order chi connectivity index (χ1) is 21.7. The number of nitrogens with one attached hydrogen (secondary N) is 1. The summed E-state index contributed by atoms with van der Waals surface area (Å²) < 4.78 is 9.57. The number of phenols is 1. The van der Waals surface area contributed by atoms with Gasteiger partial charge in [0.05, 0.1) is 36.2 Å². The minimum absolute atomic E-state index is 0.0865. The molecule has 3 aromatic carbocycles. The van der Waals surface area contributed by atoms with Gasteiger partial charge in [-0.05, 0) is 49.6 Å². The Morgan fingerprint density at radius 1 is 0.956 bits per heavy atom. The maximum absolute atomic E-state index is 15.1. The normalized spacial score (nSPS) is 23.7. The number of para-hydroxylation sites is 1. The lowest BCUT2D eigenvalue weighted by Crippen LogP contribution is -2.53. The maximum atomic E-state index is 15.1. The molecule has 4 unspecified atom stereocenters. The second kappa shape index (κ2) is 10.4. The Morgan fingerprint density at radius 3 is 2.40 bits per heavy atom. The molecule has 11 nitrogen and oxygen atoms in total. The highest BCUT2D eigenvalue weighted by atomic mass is 16.5. The molecule has 2 amide bonds. The van der Waals surface area contributed by atoms with Crippen LogP contribution in [0.3, 0.4) is 0 Å². The van der Waals surface area contributed by atoms with Gasteiger partial charge in [-0.15, -0.1) is 0 Å². The Kier molecular flexibility index (Phi) is 6.57. The molecule has 4 aromatic rings. The van der Waals surface area contributed by atoms with E-state index in [0.29, 0.717) is 29.0 Å². The number of rotatable bonds is 6. The molecule has 11 heteroatoms. The number of amides is 2. The van der Waals surface area contributed by atoms with Gasteiger partial charge in [-0.3, -0.25) is 15.0 Å². The molecular formula is C34H33N5O6. The van der Waals surface area contributed by atoms with Crippen molar-refractivity contribution in [3.8, 4) is 11.5 Å². The van der Waals surface area contributed by atoms with Crippen LogP contribution in [0.2, 0.25) is 0 Å². The predicted octanol–water partition coefficient (Wildman–Crippen LogP) is 3.38. The zero-order chi connectivity index (χ0) is 31.6. The molecule has 2 aliphatic heterocycles. The quantitative estimate of drug-likeness (QED) is 0.254. The summed E-state index contributed by atoms with van der Waals surface area (Å²) in [5.41, 5.74) is 3.84. The number of hydrazine groups is 1. The number of hydrogen-bond donors (Lipinski definition) is 2. The van der Waals surface area contributed by atoms with E-state index in [2.05, 4.69) is 5.43 Å². The number of allylic oxidation sites excluding steroid dienone is 2. The van der Waals surface area contributed by atoms with E-state index in [-0.39, 0.29) is 24.5 Å². The summed E-state index contributed by atoms with van der Waals surface area (Å²) in [4.78, 5) is 56.1. The van der Waals surface area contributed by atoms with Gasteiger partial charge < -0.3 is 9.84 Å². The molecule has 3 aliphatic rings. The third kappa shape index (κ3) is 3.96. The zero-order valence-corrected chi connectivity index (χ0v) is 25.1. The molecule has 45 heavy (non-hydrogen) atoms. The van der Waals surface area contributed by atoms with Crippen LogP contribution in [0.15, 0.2) is 94.0 Å². The number of benzene rings is 3. The molecule has 1 aliphatic carbocycles. The van der Waals surface area contributed by atoms with Crippen molar-refractivity contribution in [2.45, 2.75) is 44.2 Å². The second-order valence-electron chi connectivity index (χ2n) is 11.8. The van der Waals surface area contributed by atoms with Gasteiger partial charge in [-0.2, -0.15) is 5.01 Å². The SMILES string of the molecule is CCOc1cccc(C2C3=CCn4c(=O)n(C)c(=O)n4C3CC3C(=O)N(Nc4ccc(C)cc4)C(=O)C32c2ccccc2)c1O. The molecule has 1 saturated carbocycles. The van der Waals surface area contributed by atoms with Gasteiger partial charge in [-0.1, -0.05) is 66.2 Å². The Labute approximate surface area is 258 Å². The van der Waals surface area contributed by atoms with E-state index in [4.69, 9.17) is 4.74 Å². The van der Waals surface area contributed by atoms with Crippen molar-refractivity contribution in [1.82, 2.24) is 18.9 Å². The van der Waals surface area contributed by atoms with Crippen molar-refractivity contribution in [3.05, 3.63) is 122 Å². The lowest BCUT2D eigenvalue weighted by molar-refractivity contribution is -0.138. The number of carbonyl (C=O) groups is 2. The fraction of sp³-hybridized carbons (Fsp3) is 0.294. The van der Waals surface area contributed by atoms with Crippen LogP contribution in [-0.4, -0.2) is 42.5 Å². The Balaban J connectivity index is 1.51. The highest BCUT2D eigenvalue weighted by molar-refractivity contribution is 6.12. The Morgan fingerprint density at radius 2 is 1.69 bits per heavy atom. The summed E-state index contributed by atoms with van der Waals surface area (Å²) in [6.07, 6.45) is 1.95. The number of anilines is 1. The van der Waals surface area contributed by atoms with Crippen LogP contribution >= 0.6 is 0 Å². The molecule has 2 N–H and O–H groups in total. The molecule has 0 spiro atoms. The van der Waals surface area contributed by atoms with Gasteiger partial charge in [0.2, 0.25) is 0 Å². The third-order valence-electron chi connectivity index (χ3n) is 9.49. The van der Waals surface area contributed by atoms with E-state index in [1.165, 1.54) is 16.4 Å². The van der Waals surface area contributed by atoms with Gasteiger partial charge in [0.25, 0.3) is 11.8 Å². The minimum atomic E-state index is -1.50. The van der Waals surface area contributed by atoms with Crippen molar-refractivity contribution < 1.29 is 19.4 Å². The summed E-state index contributed by atoms with van der Waals surface area (Å²) in [6, 6.07) is 20.9. The first-order valence-corrected chi connectivity index (χ1v) is 15.0. The zero-order valence-electron chi connectivity index (χ0n) is 25.1. The number of imide groups is 1. The second-order valence-corrected chi connectivity index (χ2v) is 11.8. The van der Waals surface area contributed by atoms with Crippen LogP contribution in [0, 0.1) is 12.8 Å². The van der Waals surface area contributed by atoms with Crippen molar-refractivity contribution in [3.63, 3.8) is 0 Å². The number of carbonyl (C=O) groups excluding carboxylic acids is 2. The topological polar surface area (TPSA) is 128 Å². The van der Waals surface area contributed by atoms with Crippen molar-refractivity contribution in [2.24, 2.45) is 13.0 Å². The van der Waals surface area contributed by atoms with Gasteiger partial charge in [-0.25, -0.2) is 23.5 Å². The molecule has 0 bridgehead atoms. The lowest BCUT2D eigenvalue weighted by Gasteiger charge is -2.49. The fourth-order valence-electron chi connectivity index (χ4n) is 7.51. The molecule has 230 valence electrons. The average molecular weight is 608 g/mol. The highest BCUT2D eigenvalue weighted by Gasteiger charge is 2.69. The van der Waals surface area contributed by atoms with E-state index < -0.39 is 46.5 Å². The van der Waals surface area contributed by atoms with Crippen molar-refractivity contribution in [1.29, 1.82) is 0 Å². The standard InChI is InChI=1S/C34H33N5O6/c1-4-45-27-12-8-11-24(29(27)40)28-23-17-18-37-32(43)36(3)33(44)39(37)26(23)19-25-30(41)38(35-22-15-13-20(2)14-16-22)31(42)34(25,28)21-9-6-5-7-10-21/h5-17,25-26,28,35,40H,4,18-19H2,1-3H3. The van der Waals surface area contributed by atoms with Gasteiger partial charge >= 0.3 is 11.4 Å². The van der Waals surface area contributed by atoms with E-state index in [0.717, 1.165) is 15.1 Å². The number of hydrogen-bond acceptors (Lipinski definition) is 7. The third-order valence-corrected chi connectivity index (χ3v) is 9.49. The summed E-state index contributed by atoms with van der Waals surface area (Å²) in [5, 5.41) is 12.8. The number of ether oxygens (including phenoxy) is 1. The molecule has 0 radical (unpaired) electrons. The number of fused-ring (bicyclic) bond motifs is 4. The summed E-state index contributed by atoms with van der Waals surface area (Å²) in [7, 11) is 1.42. The monoisotopic (exact) mass is 607 g/mol. The number of aromatic nitrogens is 3. The largest absolute Gasteiger partial charge is 0.504 e. The smallest absolute Gasteiger partial charge is 0.347 e.